The number of morpholine rings is 1. The van der Waals surface area contributed by atoms with E-state index in [-0.39, 0.29) is 36.2 Å². The summed E-state index contributed by atoms with van der Waals surface area (Å²) >= 11 is 0. The van der Waals surface area contributed by atoms with E-state index in [0.29, 0.717) is 19.0 Å². The maximum atomic E-state index is 5.96. The van der Waals surface area contributed by atoms with Gasteiger partial charge in [-0.05, 0) is 31.9 Å². The minimum atomic E-state index is 0. The lowest BCUT2D eigenvalue weighted by molar-refractivity contribution is -0.0817. The third-order valence-corrected chi connectivity index (χ3v) is 5.07. The minimum absolute atomic E-state index is 0. The zero-order valence-corrected chi connectivity index (χ0v) is 19.1. The van der Waals surface area contributed by atoms with Crippen LogP contribution in [0.1, 0.15) is 25.5 Å². The molecule has 1 aromatic heterocycles. The van der Waals surface area contributed by atoms with Crippen molar-refractivity contribution in [1.82, 2.24) is 15.2 Å². The molecule has 2 atom stereocenters. The van der Waals surface area contributed by atoms with Crippen LogP contribution in [0.4, 0.5) is 0 Å². The minimum Gasteiger partial charge on any atom is -0.444 e. The number of hydrogen-bond donors (Lipinski definition) is 1. The van der Waals surface area contributed by atoms with Gasteiger partial charge >= 0.3 is 0 Å². The number of ether oxygens (including phenoxy) is 2. The van der Waals surface area contributed by atoms with Crippen molar-refractivity contribution in [2.45, 2.75) is 38.5 Å². The average molecular weight is 512 g/mol. The smallest absolute Gasteiger partial charge is 0.226 e. The fraction of sp³-hybridized carbons (Fsp3) is 0.524. The van der Waals surface area contributed by atoms with Crippen LogP contribution >= 0.6 is 24.0 Å². The van der Waals surface area contributed by atoms with Crippen LogP contribution in [0.25, 0.3) is 11.5 Å². The number of aliphatic imine (C=N–C) groups is 1. The van der Waals surface area contributed by atoms with Gasteiger partial charge in [-0.15, -0.1) is 24.0 Å². The molecule has 8 heteroatoms. The molecule has 1 aromatic carbocycles. The maximum absolute atomic E-state index is 5.96. The van der Waals surface area contributed by atoms with Crippen molar-refractivity contribution in [2.75, 3.05) is 32.8 Å². The van der Waals surface area contributed by atoms with E-state index in [1.807, 2.05) is 30.3 Å². The zero-order chi connectivity index (χ0) is 19.2. The van der Waals surface area contributed by atoms with Crippen molar-refractivity contribution >= 4 is 29.9 Å². The van der Waals surface area contributed by atoms with Gasteiger partial charge < -0.3 is 24.1 Å². The Morgan fingerprint density at radius 1 is 1.21 bits per heavy atom. The van der Waals surface area contributed by atoms with Gasteiger partial charge in [0, 0.05) is 31.8 Å². The second-order valence-electron chi connectivity index (χ2n) is 7.09. The number of guanidine groups is 1. The van der Waals surface area contributed by atoms with Crippen molar-refractivity contribution in [2.24, 2.45) is 4.99 Å². The average Bonchev–Trinajstić information content (AvgIpc) is 3.44. The molecule has 2 saturated heterocycles. The number of hydrogen-bond acceptors (Lipinski definition) is 5. The zero-order valence-electron chi connectivity index (χ0n) is 16.8. The van der Waals surface area contributed by atoms with Gasteiger partial charge in [0.1, 0.15) is 18.1 Å². The first-order valence-electron chi connectivity index (χ1n) is 10.1. The molecule has 0 bridgehead atoms. The van der Waals surface area contributed by atoms with Gasteiger partial charge in [-0.1, -0.05) is 18.2 Å². The molecule has 29 heavy (non-hydrogen) atoms. The van der Waals surface area contributed by atoms with Crippen LogP contribution in [-0.2, 0) is 16.0 Å². The first-order valence-corrected chi connectivity index (χ1v) is 10.1. The third kappa shape index (κ3) is 5.70. The first-order chi connectivity index (χ1) is 13.8. The lowest BCUT2D eigenvalue weighted by Crippen LogP contribution is -2.53. The molecule has 2 unspecified atom stereocenters. The SMILES string of the molecule is CCNC(=NCc1coc(-c2ccccc2)n1)N1CCOC(C2CCCO2)C1.I. The summed E-state index contributed by atoms with van der Waals surface area (Å²) in [5.74, 6) is 1.51. The normalized spacial score (nSPS) is 22.4. The van der Waals surface area contributed by atoms with Crippen LogP contribution in [-0.4, -0.2) is 60.9 Å². The Balaban J connectivity index is 0.00000240. The monoisotopic (exact) mass is 512 g/mol. The summed E-state index contributed by atoms with van der Waals surface area (Å²) in [5, 5.41) is 3.39. The Kier molecular flexibility index (Phi) is 8.31. The number of aromatic nitrogens is 1. The second-order valence-corrected chi connectivity index (χ2v) is 7.09. The number of nitrogens with one attached hydrogen (secondary N) is 1. The molecule has 0 spiro atoms. The highest BCUT2D eigenvalue weighted by atomic mass is 127. The quantitative estimate of drug-likeness (QED) is 0.377. The molecular formula is C21H29IN4O3. The van der Waals surface area contributed by atoms with E-state index < -0.39 is 0 Å². The molecule has 1 N–H and O–H groups in total. The van der Waals surface area contributed by atoms with Gasteiger partial charge in [0.15, 0.2) is 5.96 Å². The van der Waals surface area contributed by atoms with Gasteiger partial charge in [0.2, 0.25) is 5.89 Å². The Bertz CT molecular complexity index is 777. The van der Waals surface area contributed by atoms with Crippen molar-refractivity contribution in [3.05, 3.63) is 42.3 Å². The lowest BCUT2D eigenvalue weighted by Gasteiger charge is -2.37. The lowest BCUT2D eigenvalue weighted by atomic mass is 10.1. The van der Waals surface area contributed by atoms with Crippen LogP contribution in [0.2, 0.25) is 0 Å². The molecular weight excluding hydrogens is 483 g/mol. The predicted molar refractivity (Wildman–Crippen MR) is 122 cm³/mol. The maximum Gasteiger partial charge on any atom is 0.226 e. The predicted octanol–water partition coefficient (Wildman–Crippen LogP) is 3.30. The third-order valence-electron chi connectivity index (χ3n) is 5.07. The van der Waals surface area contributed by atoms with Gasteiger partial charge in [-0.3, -0.25) is 0 Å². The summed E-state index contributed by atoms with van der Waals surface area (Å²) in [7, 11) is 0. The summed E-state index contributed by atoms with van der Waals surface area (Å²) in [6, 6.07) is 9.91. The largest absolute Gasteiger partial charge is 0.444 e. The van der Waals surface area contributed by atoms with Crippen LogP contribution in [0.15, 0.2) is 46.0 Å². The topological polar surface area (TPSA) is 72.1 Å². The molecule has 0 aliphatic carbocycles. The summed E-state index contributed by atoms with van der Waals surface area (Å²) in [6.07, 6.45) is 4.19. The highest BCUT2D eigenvalue weighted by molar-refractivity contribution is 14.0. The second kappa shape index (κ2) is 10.9. The Morgan fingerprint density at radius 2 is 2.03 bits per heavy atom. The summed E-state index contributed by atoms with van der Waals surface area (Å²) in [6.45, 7) is 6.52. The van der Waals surface area contributed by atoms with Gasteiger partial charge in [-0.25, -0.2) is 9.98 Å². The summed E-state index contributed by atoms with van der Waals surface area (Å²) < 4.78 is 17.4. The van der Waals surface area contributed by atoms with Gasteiger partial charge in [0.05, 0.1) is 19.3 Å². The van der Waals surface area contributed by atoms with Crippen molar-refractivity contribution in [1.29, 1.82) is 0 Å². The van der Waals surface area contributed by atoms with Gasteiger partial charge in [-0.2, -0.15) is 0 Å². The van der Waals surface area contributed by atoms with Gasteiger partial charge in [0.25, 0.3) is 0 Å². The Labute approximate surface area is 188 Å². The van der Waals surface area contributed by atoms with Crippen LogP contribution in [0, 0.1) is 0 Å². The molecule has 0 radical (unpaired) electrons. The number of nitrogens with zero attached hydrogens (tertiary/aromatic N) is 3. The van der Waals surface area contributed by atoms with Crippen LogP contribution in [0.3, 0.4) is 0 Å². The fourth-order valence-electron chi connectivity index (χ4n) is 3.66. The first kappa shape index (κ1) is 22.0. The number of benzene rings is 1. The standard InChI is InChI=1S/C21H28N4O3.HI/c1-2-22-21(25-10-12-27-19(14-25)18-9-6-11-26-18)23-13-17-15-28-20(24-17)16-7-4-3-5-8-16;/h3-5,7-8,15,18-19H,2,6,9-14H2,1H3,(H,22,23);1H. The van der Waals surface area contributed by atoms with E-state index in [0.717, 1.165) is 56.3 Å². The van der Waals surface area contributed by atoms with Crippen LogP contribution in [0.5, 0.6) is 0 Å². The molecule has 2 aliphatic rings. The fourth-order valence-corrected chi connectivity index (χ4v) is 3.66. The van der Waals surface area contributed by atoms with E-state index >= 15 is 0 Å². The van der Waals surface area contributed by atoms with E-state index in [1.165, 1.54) is 0 Å². The van der Waals surface area contributed by atoms with Crippen molar-refractivity contribution < 1.29 is 13.9 Å². The Morgan fingerprint density at radius 3 is 2.79 bits per heavy atom. The van der Waals surface area contributed by atoms with E-state index in [4.69, 9.17) is 18.9 Å². The molecule has 4 rings (SSSR count). The molecule has 0 amide bonds. The molecule has 3 heterocycles. The Hall–Kier alpha value is -1.65. The van der Waals surface area contributed by atoms with Crippen molar-refractivity contribution in [3.8, 4) is 11.5 Å². The molecule has 2 aromatic rings. The number of halogens is 1. The van der Waals surface area contributed by atoms with E-state index in [9.17, 15) is 0 Å². The molecule has 2 aliphatic heterocycles. The highest BCUT2D eigenvalue weighted by Gasteiger charge is 2.32. The van der Waals surface area contributed by atoms with Crippen LogP contribution < -0.4 is 5.32 Å². The highest BCUT2D eigenvalue weighted by Crippen LogP contribution is 2.21. The number of rotatable bonds is 5. The summed E-state index contributed by atoms with van der Waals surface area (Å²) in [5.41, 5.74) is 1.79. The van der Waals surface area contributed by atoms with E-state index in [1.54, 1.807) is 6.26 Å². The molecule has 0 saturated carbocycles. The van der Waals surface area contributed by atoms with Crippen molar-refractivity contribution in [3.63, 3.8) is 0 Å². The molecule has 2 fully saturated rings. The van der Waals surface area contributed by atoms with E-state index in [2.05, 4.69) is 22.1 Å². The molecule has 158 valence electrons. The number of oxazole rings is 1. The molecule has 7 nitrogen and oxygen atoms in total. The summed E-state index contributed by atoms with van der Waals surface area (Å²) in [4.78, 5) is 11.6.